The molecule has 0 saturated carbocycles. The number of phenols is 1. The minimum Gasteiger partial charge on any atom is -0.508 e. The molecule has 14 heavy (non-hydrogen) atoms. The van der Waals surface area contributed by atoms with Gasteiger partial charge in [0.25, 0.3) is 0 Å². The molecular formula is C10H10N2OS. The monoisotopic (exact) mass is 206 g/mol. The molecule has 0 atom stereocenters. The van der Waals surface area contributed by atoms with Crippen LogP contribution in [0.2, 0.25) is 0 Å². The molecule has 1 aromatic heterocycles. The van der Waals surface area contributed by atoms with Crippen molar-refractivity contribution in [3.63, 3.8) is 0 Å². The number of rotatable bonds is 2. The molecule has 3 nitrogen and oxygen atoms in total. The van der Waals surface area contributed by atoms with Crippen molar-refractivity contribution in [3.8, 4) is 5.75 Å². The van der Waals surface area contributed by atoms with Gasteiger partial charge in [-0.2, -0.15) is 0 Å². The Kier molecular flexibility index (Phi) is 2.54. The molecule has 72 valence electrons. The number of aromatic nitrogens is 2. The third kappa shape index (κ3) is 1.65. The first-order valence-corrected chi connectivity index (χ1v) is 5.36. The molecule has 4 heteroatoms. The maximum Gasteiger partial charge on any atom is 0.117 e. The Balaban J connectivity index is 2.62. The van der Waals surface area contributed by atoms with E-state index in [0.717, 1.165) is 21.7 Å². The van der Waals surface area contributed by atoms with Gasteiger partial charge in [0.1, 0.15) is 17.1 Å². The fourth-order valence-corrected chi connectivity index (χ4v) is 2.00. The number of hydrogen-bond acceptors (Lipinski definition) is 4. The van der Waals surface area contributed by atoms with Crippen LogP contribution in [0.5, 0.6) is 5.75 Å². The summed E-state index contributed by atoms with van der Waals surface area (Å²) in [4.78, 5) is 8.30. The number of phenolic OH excluding ortho intramolecular Hbond substituents is 1. The molecule has 0 unspecified atom stereocenters. The normalized spacial score (nSPS) is 10.6. The maximum atomic E-state index is 9.28. The van der Waals surface area contributed by atoms with Gasteiger partial charge in [0, 0.05) is 11.5 Å². The van der Waals surface area contributed by atoms with Crippen molar-refractivity contribution in [2.75, 3.05) is 5.75 Å². The van der Waals surface area contributed by atoms with E-state index in [1.165, 1.54) is 6.33 Å². The van der Waals surface area contributed by atoms with Crippen LogP contribution in [0, 0.1) is 0 Å². The first-order chi connectivity index (χ1) is 6.81. The zero-order valence-electron chi connectivity index (χ0n) is 7.77. The highest BCUT2D eigenvalue weighted by atomic mass is 32.2. The molecule has 0 aliphatic heterocycles. The molecular weight excluding hydrogens is 196 g/mol. The van der Waals surface area contributed by atoms with Gasteiger partial charge in [0.05, 0.1) is 5.52 Å². The van der Waals surface area contributed by atoms with Gasteiger partial charge in [-0.15, -0.1) is 11.8 Å². The van der Waals surface area contributed by atoms with E-state index in [1.807, 2.05) is 6.07 Å². The first kappa shape index (κ1) is 9.27. The van der Waals surface area contributed by atoms with Gasteiger partial charge in [0.2, 0.25) is 0 Å². The van der Waals surface area contributed by atoms with Crippen LogP contribution in [0.25, 0.3) is 10.9 Å². The van der Waals surface area contributed by atoms with Crippen LogP contribution in [-0.4, -0.2) is 20.8 Å². The summed E-state index contributed by atoms with van der Waals surface area (Å²) in [6.45, 7) is 2.08. The standard InChI is InChI=1S/C10H10N2OS/c1-2-14-10-8-4-3-7(13)5-9(8)11-6-12-10/h3-6,13H,2H2,1H3. The number of hydrogen-bond donors (Lipinski definition) is 1. The van der Waals surface area contributed by atoms with Gasteiger partial charge >= 0.3 is 0 Å². The van der Waals surface area contributed by atoms with E-state index < -0.39 is 0 Å². The van der Waals surface area contributed by atoms with E-state index in [2.05, 4.69) is 16.9 Å². The van der Waals surface area contributed by atoms with Crippen molar-refractivity contribution >= 4 is 22.7 Å². The molecule has 1 heterocycles. The molecule has 0 fully saturated rings. The highest BCUT2D eigenvalue weighted by Crippen LogP contribution is 2.26. The van der Waals surface area contributed by atoms with Crippen molar-refractivity contribution in [2.45, 2.75) is 11.9 Å². The van der Waals surface area contributed by atoms with Gasteiger partial charge in [0.15, 0.2) is 0 Å². The van der Waals surface area contributed by atoms with Crippen molar-refractivity contribution in [1.82, 2.24) is 9.97 Å². The smallest absolute Gasteiger partial charge is 0.117 e. The second kappa shape index (κ2) is 3.84. The lowest BCUT2D eigenvalue weighted by molar-refractivity contribution is 0.476. The summed E-state index contributed by atoms with van der Waals surface area (Å²) in [7, 11) is 0. The summed E-state index contributed by atoms with van der Waals surface area (Å²) in [6.07, 6.45) is 1.53. The quantitative estimate of drug-likeness (QED) is 0.605. The lowest BCUT2D eigenvalue weighted by atomic mass is 10.2. The summed E-state index contributed by atoms with van der Waals surface area (Å²) in [6, 6.07) is 5.16. The van der Waals surface area contributed by atoms with Gasteiger partial charge in [-0.25, -0.2) is 9.97 Å². The molecule has 0 aliphatic rings. The van der Waals surface area contributed by atoms with Crippen molar-refractivity contribution in [3.05, 3.63) is 24.5 Å². The number of thioether (sulfide) groups is 1. The van der Waals surface area contributed by atoms with Gasteiger partial charge in [-0.3, -0.25) is 0 Å². The topological polar surface area (TPSA) is 46.0 Å². The van der Waals surface area contributed by atoms with Crippen LogP contribution in [0.4, 0.5) is 0 Å². The summed E-state index contributed by atoms with van der Waals surface area (Å²) in [5.41, 5.74) is 0.788. The van der Waals surface area contributed by atoms with Gasteiger partial charge < -0.3 is 5.11 Å². The Hall–Kier alpha value is -1.29. The van der Waals surface area contributed by atoms with Crippen molar-refractivity contribution < 1.29 is 5.11 Å². The number of benzene rings is 1. The zero-order chi connectivity index (χ0) is 9.97. The summed E-state index contributed by atoms with van der Waals surface area (Å²) in [5.74, 6) is 1.22. The third-order valence-corrected chi connectivity index (χ3v) is 2.75. The molecule has 0 spiro atoms. The van der Waals surface area contributed by atoms with Crippen molar-refractivity contribution in [2.24, 2.45) is 0 Å². The Morgan fingerprint density at radius 2 is 2.21 bits per heavy atom. The second-order valence-electron chi connectivity index (χ2n) is 2.81. The second-order valence-corrected chi connectivity index (χ2v) is 4.07. The van der Waals surface area contributed by atoms with E-state index >= 15 is 0 Å². The Labute approximate surface area is 86.2 Å². The highest BCUT2D eigenvalue weighted by Gasteiger charge is 2.03. The maximum absolute atomic E-state index is 9.28. The lowest BCUT2D eigenvalue weighted by Gasteiger charge is -2.02. The van der Waals surface area contributed by atoms with Gasteiger partial charge in [-0.05, 0) is 17.9 Å². The Morgan fingerprint density at radius 3 is 3.00 bits per heavy atom. The van der Waals surface area contributed by atoms with E-state index in [-0.39, 0.29) is 5.75 Å². The molecule has 2 aromatic rings. The van der Waals surface area contributed by atoms with E-state index in [9.17, 15) is 5.11 Å². The van der Waals surface area contributed by atoms with Crippen LogP contribution in [-0.2, 0) is 0 Å². The summed E-state index contributed by atoms with van der Waals surface area (Å²) in [5, 5.41) is 11.3. The minimum absolute atomic E-state index is 0.239. The first-order valence-electron chi connectivity index (χ1n) is 4.38. The molecule has 0 amide bonds. The molecule has 2 rings (SSSR count). The zero-order valence-corrected chi connectivity index (χ0v) is 8.58. The summed E-state index contributed by atoms with van der Waals surface area (Å²) >= 11 is 1.68. The summed E-state index contributed by atoms with van der Waals surface area (Å²) < 4.78 is 0. The highest BCUT2D eigenvalue weighted by molar-refractivity contribution is 7.99. The number of aromatic hydroxyl groups is 1. The minimum atomic E-state index is 0.239. The Bertz CT molecular complexity index is 459. The SMILES string of the molecule is CCSc1ncnc2cc(O)ccc12. The average Bonchev–Trinajstić information content (AvgIpc) is 2.18. The molecule has 0 radical (unpaired) electrons. The molecule has 0 aliphatic carbocycles. The fraction of sp³-hybridized carbons (Fsp3) is 0.200. The van der Waals surface area contributed by atoms with Crippen LogP contribution in [0.1, 0.15) is 6.92 Å². The third-order valence-electron chi connectivity index (χ3n) is 1.86. The van der Waals surface area contributed by atoms with E-state index in [0.29, 0.717) is 0 Å². The Morgan fingerprint density at radius 1 is 1.36 bits per heavy atom. The van der Waals surface area contributed by atoms with Crippen LogP contribution in [0.15, 0.2) is 29.6 Å². The lowest BCUT2D eigenvalue weighted by Crippen LogP contribution is -1.86. The molecule has 1 aromatic carbocycles. The van der Waals surface area contributed by atoms with Crippen LogP contribution >= 0.6 is 11.8 Å². The molecule has 0 bridgehead atoms. The number of fused-ring (bicyclic) bond motifs is 1. The fourth-order valence-electron chi connectivity index (χ4n) is 1.27. The molecule has 1 N–H and O–H groups in total. The molecule has 0 saturated heterocycles. The van der Waals surface area contributed by atoms with Gasteiger partial charge in [-0.1, -0.05) is 6.92 Å². The predicted molar refractivity (Wildman–Crippen MR) is 57.6 cm³/mol. The van der Waals surface area contributed by atoms with Crippen LogP contribution in [0.3, 0.4) is 0 Å². The largest absolute Gasteiger partial charge is 0.508 e. The van der Waals surface area contributed by atoms with E-state index in [4.69, 9.17) is 0 Å². The van der Waals surface area contributed by atoms with Crippen molar-refractivity contribution in [1.29, 1.82) is 0 Å². The number of nitrogens with zero attached hydrogens (tertiary/aromatic N) is 2. The van der Waals surface area contributed by atoms with E-state index in [1.54, 1.807) is 23.9 Å². The van der Waals surface area contributed by atoms with Crippen LogP contribution < -0.4 is 0 Å². The average molecular weight is 206 g/mol. The predicted octanol–water partition coefficient (Wildman–Crippen LogP) is 2.45.